The van der Waals surface area contributed by atoms with Crippen LogP contribution < -0.4 is 0 Å². The average Bonchev–Trinajstić information content (AvgIpc) is 2.57. The van der Waals surface area contributed by atoms with Gasteiger partial charge in [-0.3, -0.25) is 4.68 Å². The third-order valence-electron chi connectivity index (χ3n) is 2.23. The van der Waals surface area contributed by atoms with Crippen molar-refractivity contribution in [2.45, 2.75) is 33.0 Å². The monoisotopic (exact) mass is 254 g/mol. The Morgan fingerprint density at radius 2 is 2.06 bits per heavy atom. The Hall–Kier alpha value is -1.20. The SMILES string of the molecule is Cn1ncc2c(Cl)nc(COC(C)(C)C)nc21. The first-order valence-corrected chi connectivity index (χ1v) is 5.73. The van der Waals surface area contributed by atoms with Gasteiger partial charge in [-0.2, -0.15) is 5.10 Å². The van der Waals surface area contributed by atoms with Crippen molar-refractivity contribution in [1.82, 2.24) is 19.7 Å². The van der Waals surface area contributed by atoms with Crippen molar-refractivity contribution >= 4 is 22.6 Å². The highest BCUT2D eigenvalue weighted by Crippen LogP contribution is 2.20. The lowest BCUT2D eigenvalue weighted by molar-refractivity contribution is -0.0180. The zero-order chi connectivity index (χ0) is 12.6. The average molecular weight is 255 g/mol. The van der Waals surface area contributed by atoms with E-state index in [4.69, 9.17) is 16.3 Å². The number of hydrogen-bond donors (Lipinski definition) is 0. The molecular weight excluding hydrogens is 240 g/mol. The smallest absolute Gasteiger partial charge is 0.162 e. The molecule has 17 heavy (non-hydrogen) atoms. The van der Waals surface area contributed by atoms with E-state index >= 15 is 0 Å². The maximum absolute atomic E-state index is 6.07. The van der Waals surface area contributed by atoms with Crippen molar-refractivity contribution in [2.75, 3.05) is 0 Å². The fraction of sp³-hybridized carbons (Fsp3) is 0.545. The Morgan fingerprint density at radius 3 is 2.71 bits per heavy atom. The van der Waals surface area contributed by atoms with Crippen LogP contribution >= 0.6 is 11.6 Å². The van der Waals surface area contributed by atoms with Crippen molar-refractivity contribution < 1.29 is 4.74 Å². The minimum Gasteiger partial charge on any atom is -0.368 e. The minimum absolute atomic E-state index is 0.225. The standard InChI is InChI=1S/C11H15ClN4O/c1-11(2,3)17-6-8-14-9(12)7-5-13-16(4)10(7)15-8/h5H,6H2,1-4H3. The summed E-state index contributed by atoms with van der Waals surface area (Å²) in [4.78, 5) is 8.57. The molecule has 0 unspecified atom stereocenters. The number of aryl methyl sites for hydroxylation is 1. The van der Waals surface area contributed by atoms with Gasteiger partial charge in [0.2, 0.25) is 0 Å². The number of ether oxygens (including phenoxy) is 1. The fourth-order valence-electron chi connectivity index (χ4n) is 1.38. The second-order valence-electron chi connectivity index (χ2n) is 4.84. The van der Waals surface area contributed by atoms with E-state index in [9.17, 15) is 0 Å². The first kappa shape index (κ1) is 12.3. The Labute approximate surface area is 105 Å². The highest BCUT2D eigenvalue weighted by atomic mass is 35.5. The summed E-state index contributed by atoms with van der Waals surface area (Å²) in [6.45, 7) is 6.29. The molecule has 0 saturated carbocycles. The molecule has 2 rings (SSSR count). The molecule has 0 N–H and O–H groups in total. The van der Waals surface area contributed by atoms with E-state index in [1.54, 1.807) is 10.9 Å². The van der Waals surface area contributed by atoms with Gasteiger partial charge in [-0.1, -0.05) is 11.6 Å². The molecule has 0 spiro atoms. The van der Waals surface area contributed by atoms with Crippen molar-refractivity contribution in [2.24, 2.45) is 7.05 Å². The van der Waals surface area contributed by atoms with Crippen LogP contribution in [0.5, 0.6) is 0 Å². The van der Waals surface area contributed by atoms with E-state index in [1.165, 1.54) is 0 Å². The molecule has 0 aliphatic rings. The molecular formula is C11H15ClN4O. The van der Waals surface area contributed by atoms with Crippen LogP contribution in [0.3, 0.4) is 0 Å². The zero-order valence-electron chi connectivity index (χ0n) is 10.4. The van der Waals surface area contributed by atoms with Crippen LogP contribution in [0.25, 0.3) is 11.0 Å². The first-order chi connectivity index (χ1) is 7.87. The molecule has 0 atom stereocenters. The molecule has 2 heterocycles. The highest BCUT2D eigenvalue weighted by molar-refractivity contribution is 6.33. The second kappa shape index (κ2) is 4.23. The van der Waals surface area contributed by atoms with Crippen LogP contribution in [0.2, 0.25) is 5.15 Å². The minimum atomic E-state index is -0.225. The molecule has 0 radical (unpaired) electrons. The molecule has 0 aromatic carbocycles. The molecule has 6 heteroatoms. The summed E-state index contributed by atoms with van der Waals surface area (Å²) in [6, 6.07) is 0. The number of fused-ring (bicyclic) bond motifs is 1. The van der Waals surface area contributed by atoms with Crippen molar-refractivity contribution in [3.63, 3.8) is 0 Å². The van der Waals surface area contributed by atoms with Crippen LogP contribution in [0.15, 0.2) is 6.20 Å². The van der Waals surface area contributed by atoms with Gasteiger partial charge in [0.15, 0.2) is 11.5 Å². The summed E-state index contributed by atoms with van der Waals surface area (Å²) < 4.78 is 7.29. The summed E-state index contributed by atoms with van der Waals surface area (Å²) in [5.74, 6) is 0.570. The molecule has 5 nitrogen and oxygen atoms in total. The van der Waals surface area contributed by atoms with Crippen molar-refractivity contribution in [1.29, 1.82) is 0 Å². The van der Waals surface area contributed by atoms with E-state index in [0.717, 1.165) is 11.0 Å². The Bertz CT molecular complexity index is 544. The summed E-state index contributed by atoms with van der Waals surface area (Å²) in [5, 5.41) is 5.27. The van der Waals surface area contributed by atoms with Gasteiger partial charge in [-0.05, 0) is 20.8 Å². The van der Waals surface area contributed by atoms with Gasteiger partial charge < -0.3 is 4.74 Å². The summed E-state index contributed by atoms with van der Waals surface area (Å²) in [7, 11) is 1.82. The third-order valence-corrected chi connectivity index (χ3v) is 2.51. The summed E-state index contributed by atoms with van der Waals surface area (Å²) >= 11 is 6.07. The van der Waals surface area contributed by atoms with Crippen LogP contribution in [-0.2, 0) is 18.4 Å². The molecule has 2 aromatic heterocycles. The number of halogens is 1. The van der Waals surface area contributed by atoms with Crippen molar-refractivity contribution in [3.05, 3.63) is 17.2 Å². The quantitative estimate of drug-likeness (QED) is 0.772. The molecule has 0 aliphatic carbocycles. The maximum Gasteiger partial charge on any atom is 0.162 e. The molecule has 0 fully saturated rings. The lowest BCUT2D eigenvalue weighted by Gasteiger charge is -2.18. The van der Waals surface area contributed by atoms with Crippen LogP contribution in [0, 0.1) is 0 Å². The largest absolute Gasteiger partial charge is 0.368 e. The Morgan fingerprint density at radius 1 is 1.35 bits per heavy atom. The van der Waals surface area contributed by atoms with E-state index in [2.05, 4.69) is 15.1 Å². The van der Waals surface area contributed by atoms with Crippen LogP contribution in [0.4, 0.5) is 0 Å². The normalized spacial score (nSPS) is 12.3. The number of aromatic nitrogens is 4. The van der Waals surface area contributed by atoms with E-state index < -0.39 is 0 Å². The van der Waals surface area contributed by atoms with Crippen molar-refractivity contribution in [3.8, 4) is 0 Å². The van der Waals surface area contributed by atoms with Gasteiger partial charge in [0.25, 0.3) is 0 Å². The van der Waals surface area contributed by atoms with E-state index in [-0.39, 0.29) is 5.60 Å². The number of hydrogen-bond acceptors (Lipinski definition) is 4. The Kier molecular flexibility index (Phi) is 3.05. The molecule has 0 aliphatic heterocycles. The van der Waals surface area contributed by atoms with E-state index in [0.29, 0.717) is 17.6 Å². The molecule has 0 bridgehead atoms. The molecule has 2 aromatic rings. The predicted molar refractivity (Wildman–Crippen MR) is 65.9 cm³/mol. The fourth-order valence-corrected chi connectivity index (χ4v) is 1.61. The van der Waals surface area contributed by atoms with Gasteiger partial charge in [0, 0.05) is 7.05 Å². The van der Waals surface area contributed by atoms with Gasteiger partial charge >= 0.3 is 0 Å². The molecule has 0 amide bonds. The number of nitrogens with zero attached hydrogens (tertiary/aromatic N) is 4. The first-order valence-electron chi connectivity index (χ1n) is 5.35. The summed E-state index contributed by atoms with van der Waals surface area (Å²) in [5.41, 5.74) is 0.495. The van der Waals surface area contributed by atoms with Gasteiger partial charge in [0.1, 0.15) is 11.8 Å². The topological polar surface area (TPSA) is 52.8 Å². The van der Waals surface area contributed by atoms with Crippen LogP contribution in [-0.4, -0.2) is 25.3 Å². The molecule has 92 valence electrons. The van der Waals surface area contributed by atoms with Gasteiger partial charge in [-0.15, -0.1) is 0 Å². The summed E-state index contributed by atoms with van der Waals surface area (Å²) in [6.07, 6.45) is 1.66. The molecule has 0 saturated heterocycles. The Balaban J connectivity index is 2.33. The van der Waals surface area contributed by atoms with Gasteiger partial charge in [-0.25, -0.2) is 9.97 Å². The number of rotatable bonds is 2. The highest BCUT2D eigenvalue weighted by Gasteiger charge is 2.14. The van der Waals surface area contributed by atoms with Crippen LogP contribution in [0.1, 0.15) is 26.6 Å². The van der Waals surface area contributed by atoms with E-state index in [1.807, 2.05) is 27.8 Å². The zero-order valence-corrected chi connectivity index (χ0v) is 11.1. The lowest BCUT2D eigenvalue weighted by Crippen LogP contribution is -2.19. The maximum atomic E-state index is 6.07. The second-order valence-corrected chi connectivity index (χ2v) is 5.20. The van der Waals surface area contributed by atoms with Gasteiger partial charge in [0.05, 0.1) is 17.2 Å². The third kappa shape index (κ3) is 2.73. The lowest BCUT2D eigenvalue weighted by atomic mass is 10.2. The predicted octanol–water partition coefficient (Wildman–Crippen LogP) is 2.33.